The van der Waals surface area contributed by atoms with Crippen LogP contribution in [0.1, 0.15) is 47.8 Å². The molecule has 1 amide bonds. The van der Waals surface area contributed by atoms with Crippen LogP contribution in [-0.2, 0) is 16.6 Å². The third kappa shape index (κ3) is 4.89. The van der Waals surface area contributed by atoms with Gasteiger partial charge in [-0.3, -0.25) is 14.3 Å². The van der Waals surface area contributed by atoms with E-state index in [9.17, 15) is 14.7 Å². The molecule has 0 bridgehead atoms. The van der Waals surface area contributed by atoms with Gasteiger partial charge in [-0.1, -0.05) is 31.2 Å². The standard InChI is InChI=1S/C27H34N4O4/c1-5-16-35-21-11-9-10-20(17-21)24-23(25(32)22-18(2)28-29(4)19(22)3)26(33)27(34)31(24)15-14-30-12-7-6-8-13-30/h5,9-11,17,24,32H,1,6-8,12-16H2,2-4H3/b25-23+. The number of Topliss-reactive ketones (excluding diaryl/α,β-unsaturated/α-hetero) is 1. The Labute approximate surface area is 206 Å². The van der Waals surface area contributed by atoms with Gasteiger partial charge in [0.15, 0.2) is 0 Å². The molecular formula is C27H34N4O4. The highest BCUT2D eigenvalue weighted by Crippen LogP contribution is 2.41. The quantitative estimate of drug-likeness (QED) is 0.270. The molecule has 35 heavy (non-hydrogen) atoms. The largest absolute Gasteiger partial charge is 0.507 e. The monoisotopic (exact) mass is 478 g/mol. The number of aliphatic hydroxyl groups excluding tert-OH is 1. The van der Waals surface area contributed by atoms with Gasteiger partial charge in [0, 0.05) is 25.8 Å². The molecule has 2 fully saturated rings. The first-order valence-corrected chi connectivity index (χ1v) is 12.2. The third-order valence-corrected chi connectivity index (χ3v) is 6.93. The number of ether oxygens (including phenoxy) is 1. The number of aryl methyl sites for hydroxylation is 2. The number of amides is 1. The van der Waals surface area contributed by atoms with E-state index in [0.717, 1.165) is 31.6 Å². The van der Waals surface area contributed by atoms with E-state index in [1.54, 1.807) is 29.6 Å². The average molecular weight is 479 g/mol. The second kappa shape index (κ2) is 10.5. The molecule has 2 saturated heterocycles. The highest BCUT2D eigenvalue weighted by molar-refractivity contribution is 6.46. The van der Waals surface area contributed by atoms with Gasteiger partial charge >= 0.3 is 0 Å². The Bertz CT molecular complexity index is 1160. The molecule has 2 aliphatic rings. The van der Waals surface area contributed by atoms with Gasteiger partial charge in [0.25, 0.3) is 11.7 Å². The Morgan fingerprint density at radius 2 is 1.94 bits per heavy atom. The molecule has 4 rings (SSSR count). The van der Waals surface area contributed by atoms with Gasteiger partial charge in [0.1, 0.15) is 18.1 Å². The van der Waals surface area contributed by atoms with Crippen LogP contribution in [0.5, 0.6) is 5.75 Å². The summed E-state index contributed by atoms with van der Waals surface area (Å²) in [6, 6.07) is 6.62. The summed E-state index contributed by atoms with van der Waals surface area (Å²) in [5, 5.41) is 15.8. The molecule has 2 aliphatic heterocycles. The SMILES string of the molecule is C=CCOc1cccc(C2/C(=C(\O)c3c(C)nn(C)c3C)C(=O)C(=O)N2CCN2CCCCC2)c1. The Kier molecular flexibility index (Phi) is 7.40. The van der Waals surface area contributed by atoms with Crippen LogP contribution in [0.2, 0.25) is 0 Å². The number of piperidine rings is 1. The van der Waals surface area contributed by atoms with E-state index in [4.69, 9.17) is 4.74 Å². The van der Waals surface area contributed by atoms with Gasteiger partial charge in [0.2, 0.25) is 0 Å². The van der Waals surface area contributed by atoms with Crippen LogP contribution >= 0.6 is 0 Å². The molecule has 186 valence electrons. The van der Waals surface area contributed by atoms with Crippen molar-refractivity contribution in [2.24, 2.45) is 7.05 Å². The Morgan fingerprint density at radius 1 is 1.20 bits per heavy atom. The summed E-state index contributed by atoms with van der Waals surface area (Å²) < 4.78 is 7.38. The highest BCUT2D eigenvalue weighted by atomic mass is 16.5. The lowest BCUT2D eigenvalue weighted by Gasteiger charge is -2.31. The number of likely N-dealkylation sites (tertiary alicyclic amines) is 2. The predicted octanol–water partition coefficient (Wildman–Crippen LogP) is 3.51. The molecule has 1 aromatic heterocycles. The number of hydrogen-bond donors (Lipinski definition) is 1. The first-order chi connectivity index (χ1) is 16.8. The summed E-state index contributed by atoms with van der Waals surface area (Å²) >= 11 is 0. The maximum absolute atomic E-state index is 13.4. The minimum absolute atomic E-state index is 0.0914. The van der Waals surface area contributed by atoms with Crippen LogP contribution < -0.4 is 4.74 Å². The topological polar surface area (TPSA) is 87.9 Å². The summed E-state index contributed by atoms with van der Waals surface area (Å²) in [5.74, 6) is -0.844. The smallest absolute Gasteiger partial charge is 0.295 e. The maximum Gasteiger partial charge on any atom is 0.295 e. The number of aliphatic hydroxyl groups is 1. The summed E-state index contributed by atoms with van der Waals surface area (Å²) in [6.07, 6.45) is 5.17. The van der Waals surface area contributed by atoms with Gasteiger partial charge in [-0.25, -0.2) is 0 Å². The minimum Gasteiger partial charge on any atom is -0.507 e. The van der Waals surface area contributed by atoms with E-state index in [2.05, 4.69) is 16.6 Å². The van der Waals surface area contributed by atoms with Crippen molar-refractivity contribution in [3.05, 3.63) is 65.0 Å². The fourth-order valence-electron chi connectivity index (χ4n) is 5.07. The van der Waals surface area contributed by atoms with Crippen molar-refractivity contribution in [3.63, 3.8) is 0 Å². The van der Waals surface area contributed by atoms with Gasteiger partial charge in [0.05, 0.1) is 22.9 Å². The van der Waals surface area contributed by atoms with Crippen LogP contribution in [0.4, 0.5) is 0 Å². The van der Waals surface area contributed by atoms with Crippen LogP contribution in [-0.4, -0.2) is 69.2 Å². The molecule has 3 heterocycles. The fourth-order valence-corrected chi connectivity index (χ4v) is 5.07. The van der Waals surface area contributed by atoms with Gasteiger partial charge < -0.3 is 19.6 Å². The molecular weight excluding hydrogens is 444 g/mol. The maximum atomic E-state index is 13.4. The number of benzene rings is 1. The van der Waals surface area contributed by atoms with E-state index in [0.29, 0.717) is 42.3 Å². The lowest BCUT2D eigenvalue weighted by Crippen LogP contribution is -2.40. The molecule has 1 atom stereocenters. The Hall–Kier alpha value is -3.39. The fraction of sp³-hybridized carbons (Fsp3) is 0.444. The van der Waals surface area contributed by atoms with Gasteiger partial charge in [-0.05, 0) is 57.5 Å². The zero-order valence-electron chi connectivity index (χ0n) is 20.8. The molecule has 0 spiro atoms. The molecule has 2 aromatic rings. The lowest BCUT2D eigenvalue weighted by molar-refractivity contribution is -0.140. The van der Waals surface area contributed by atoms with E-state index >= 15 is 0 Å². The number of nitrogens with zero attached hydrogens (tertiary/aromatic N) is 4. The lowest BCUT2D eigenvalue weighted by atomic mass is 9.94. The average Bonchev–Trinajstić information content (AvgIpc) is 3.27. The molecule has 0 saturated carbocycles. The van der Waals surface area contributed by atoms with Crippen LogP contribution in [0, 0.1) is 13.8 Å². The van der Waals surface area contributed by atoms with E-state index in [-0.39, 0.29) is 11.3 Å². The number of carbonyl (C=O) groups excluding carboxylic acids is 2. The zero-order chi connectivity index (χ0) is 25.1. The molecule has 0 aliphatic carbocycles. The second-order valence-corrected chi connectivity index (χ2v) is 9.24. The number of rotatable bonds is 8. The molecule has 8 heteroatoms. The summed E-state index contributed by atoms with van der Waals surface area (Å²) in [7, 11) is 1.79. The van der Waals surface area contributed by atoms with Crippen molar-refractivity contribution < 1.29 is 19.4 Å². The normalized spacial score (nSPS) is 20.4. The van der Waals surface area contributed by atoms with Gasteiger partial charge in [-0.2, -0.15) is 5.10 Å². The molecule has 0 radical (unpaired) electrons. The number of hydrogen-bond acceptors (Lipinski definition) is 6. The number of carbonyl (C=O) groups is 2. The summed E-state index contributed by atoms with van der Waals surface area (Å²) in [5.41, 5.74) is 2.62. The molecule has 1 unspecified atom stereocenters. The van der Waals surface area contributed by atoms with Crippen molar-refractivity contribution in [3.8, 4) is 5.75 Å². The molecule has 1 aromatic carbocycles. The summed E-state index contributed by atoms with van der Waals surface area (Å²) in [4.78, 5) is 30.6. The second-order valence-electron chi connectivity index (χ2n) is 9.24. The predicted molar refractivity (Wildman–Crippen MR) is 134 cm³/mol. The van der Waals surface area contributed by atoms with Crippen LogP contribution in [0.25, 0.3) is 5.76 Å². The van der Waals surface area contributed by atoms with Crippen molar-refractivity contribution in [2.75, 3.05) is 32.8 Å². The highest BCUT2D eigenvalue weighted by Gasteiger charge is 2.46. The zero-order valence-corrected chi connectivity index (χ0v) is 20.8. The minimum atomic E-state index is -0.717. The first-order valence-electron chi connectivity index (χ1n) is 12.2. The number of ketones is 1. The van der Waals surface area contributed by atoms with E-state index < -0.39 is 17.7 Å². The van der Waals surface area contributed by atoms with Crippen LogP contribution in [0.15, 0.2) is 42.5 Å². The van der Waals surface area contributed by atoms with E-state index in [1.807, 2.05) is 31.2 Å². The van der Waals surface area contributed by atoms with Crippen molar-refractivity contribution >= 4 is 17.4 Å². The van der Waals surface area contributed by atoms with Crippen molar-refractivity contribution in [1.29, 1.82) is 0 Å². The first kappa shape index (κ1) is 24.7. The van der Waals surface area contributed by atoms with Crippen molar-refractivity contribution in [2.45, 2.75) is 39.2 Å². The third-order valence-electron chi connectivity index (χ3n) is 6.93. The van der Waals surface area contributed by atoms with E-state index in [1.165, 1.54) is 6.42 Å². The van der Waals surface area contributed by atoms with Gasteiger partial charge in [-0.15, -0.1) is 0 Å². The number of aromatic nitrogens is 2. The van der Waals surface area contributed by atoms with Crippen molar-refractivity contribution in [1.82, 2.24) is 19.6 Å². The Morgan fingerprint density at radius 3 is 2.60 bits per heavy atom. The van der Waals surface area contributed by atoms with Crippen LogP contribution in [0.3, 0.4) is 0 Å². The summed E-state index contributed by atoms with van der Waals surface area (Å²) in [6.45, 7) is 10.7. The Balaban J connectivity index is 1.78. The molecule has 8 nitrogen and oxygen atoms in total. The molecule has 1 N–H and O–H groups in total.